The van der Waals surface area contributed by atoms with Gasteiger partial charge in [-0.25, -0.2) is 4.99 Å². The highest BCUT2D eigenvalue weighted by molar-refractivity contribution is 6.45. The van der Waals surface area contributed by atoms with Gasteiger partial charge in [-0.05, 0) is 67.3 Å². The van der Waals surface area contributed by atoms with Crippen LogP contribution < -0.4 is 20.7 Å². The van der Waals surface area contributed by atoms with Gasteiger partial charge < -0.3 is 25.6 Å². The van der Waals surface area contributed by atoms with Gasteiger partial charge in [-0.2, -0.15) is 8.78 Å². The van der Waals surface area contributed by atoms with Crippen LogP contribution in [0.15, 0.2) is 70.9 Å². The molecule has 1 fully saturated rings. The summed E-state index contributed by atoms with van der Waals surface area (Å²) in [5, 5.41) is 3.33. The fraction of sp³-hybridized carbons (Fsp3) is 0.370. The summed E-state index contributed by atoms with van der Waals surface area (Å²) < 4.78 is 29.4. The van der Waals surface area contributed by atoms with Crippen molar-refractivity contribution in [1.29, 1.82) is 0 Å². The van der Waals surface area contributed by atoms with Gasteiger partial charge in [-0.3, -0.25) is 9.79 Å². The first kappa shape index (κ1) is 24.9. The molecule has 0 spiro atoms. The monoisotopic (exact) mass is 508 g/mol. The Hall–Kier alpha value is -3.79. The summed E-state index contributed by atoms with van der Waals surface area (Å²) in [6.07, 6.45) is 7.23. The minimum Gasteiger partial charge on any atom is -0.435 e. The zero-order valence-corrected chi connectivity index (χ0v) is 20.4. The van der Waals surface area contributed by atoms with Crippen molar-refractivity contribution in [3.05, 3.63) is 66.5 Å². The number of nitrogens with one attached hydrogen (secondary N) is 1. The van der Waals surface area contributed by atoms with Crippen LogP contribution in [0, 0.1) is 5.92 Å². The van der Waals surface area contributed by atoms with E-state index in [1.165, 1.54) is 12.1 Å². The van der Waals surface area contributed by atoms with E-state index in [-0.39, 0.29) is 17.7 Å². The number of aliphatic imine (C=N–C) groups is 2. The number of alkyl halides is 2. The van der Waals surface area contributed by atoms with Crippen LogP contribution >= 0.6 is 0 Å². The Morgan fingerprint density at radius 2 is 1.89 bits per heavy atom. The van der Waals surface area contributed by atoms with E-state index in [0.29, 0.717) is 37.1 Å². The van der Waals surface area contributed by atoms with Crippen molar-refractivity contribution in [2.75, 3.05) is 29.9 Å². The molecule has 2 atom stereocenters. The first-order chi connectivity index (χ1) is 18.0. The van der Waals surface area contributed by atoms with Crippen LogP contribution in [0.2, 0.25) is 0 Å². The summed E-state index contributed by atoms with van der Waals surface area (Å²) >= 11 is 0. The van der Waals surface area contributed by atoms with E-state index in [4.69, 9.17) is 5.73 Å². The van der Waals surface area contributed by atoms with E-state index in [1.54, 1.807) is 18.3 Å². The number of fused-ring (bicyclic) bond motifs is 1. The molecule has 3 heterocycles. The number of anilines is 2. The molecule has 2 aromatic carbocycles. The Morgan fingerprint density at radius 1 is 1.11 bits per heavy atom. The Labute approximate surface area is 214 Å². The average Bonchev–Trinajstić information content (AvgIpc) is 3.49. The third-order valence-corrected chi connectivity index (χ3v) is 6.84. The number of ether oxygens (including phenoxy) is 1. The third kappa shape index (κ3) is 5.64. The van der Waals surface area contributed by atoms with E-state index in [2.05, 4.69) is 20.0 Å². The number of nitrogens with two attached hydrogens (primary N) is 1. The van der Waals surface area contributed by atoms with E-state index in [0.717, 1.165) is 42.7 Å². The molecular formula is C27H30F2N6O2. The molecule has 2 aromatic rings. The highest BCUT2D eigenvalue weighted by Crippen LogP contribution is 2.32. The van der Waals surface area contributed by atoms with Crippen molar-refractivity contribution in [3.8, 4) is 5.75 Å². The quantitative estimate of drug-likeness (QED) is 0.486. The van der Waals surface area contributed by atoms with Crippen molar-refractivity contribution in [2.45, 2.75) is 38.3 Å². The summed E-state index contributed by atoms with van der Waals surface area (Å²) in [5.41, 5.74) is 8.25. The zero-order chi connectivity index (χ0) is 25.8. The summed E-state index contributed by atoms with van der Waals surface area (Å²) in [7, 11) is 0. The van der Waals surface area contributed by atoms with Gasteiger partial charge in [0.25, 0.3) is 0 Å². The largest absolute Gasteiger partial charge is 0.435 e. The molecule has 10 heteroatoms. The van der Waals surface area contributed by atoms with E-state index in [1.807, 2.05) is 40.3 Å². The standard InChI is InChI=1S/C27H30F2N6O2/c28-27(29)37-22-10-4-19(5-11-22)23-16-32-26-25(31-13-14-34(23)26)33-20-6-8-21(9-7-20)35-17-18(15-24(35)36)3-1-2-12-30/h4-11,13-14,18,23,27H,1-3,12,15-17,30H2,(H,31,33). The van der Waals surface area contributed by atoms with Crippen LogP contribution in [0.25, 0.3) is 0 Å². The highest BCUT2D eigenvalue weighted by atomic mass is 19.3. The zero-order valence-electron chi connectivity index (χ0n) is 20.4. The predicted octanol–water partition coefficient (Wildman–Crippen LogP) is 4.52. The molecule has 0 bridgehead atoms. The van der Waals surface area contributed by atoms with Gasteiger partial charge in [0.05, 0.1) is 12.6 Å². The number of hydrogen-bond donors (Lipinski definition) is 2. The van der Waals surface area contributed by atoms with Crippen LogP contribution in [0.4, 0.5) is 20.2 Å². The lowest BCUT2D eigenvalue weighted by atomic mass is 10.0. The molecule has 3 aliphatic rings. The normalized spacial score (nSPS) is 20.8. The van der Waals surface area contributed by atoms with Crippen LogP contribution in [-0.4, -0.2) is 48.7 Å². The number of rotatable bonds is 9. The number of hydrogen-bond acceptors (Lipinski definition) is 7. The van der Waals surface area contributed by atoms with Gasteiger partial charge in [0, 0.05) is 36.7 Å². The Morgan fingerprint density at radius 3 is 2.62 bits per heavy atom. The summed E-state index contributed by atoms with van der Waals surface area (Å²) in [4.78, 5) is 25.6. The van der Waals surface area contributed by atoms with E-state index < -0.39 is 6.61 Å². The molecule has 0 aromatic heterocycles. The van der Waals surface area contributed by atoms with Crippen molar-refractivity contribution in [1.82, 2.24) is 4.90 Å². The number of amides is 1. The van der Waals surface area contributed by atoms with Gasteiger partial charge in [0.15, 0.2) is 11.7 Å². The fourth-order valence-corrected chi connectivity index (χ4v) is 4.99. The van der Waals surface area contributed by atoms with Gasteiger partial charge in [-0.15, -0.1) is 0 Å². The van der Waals surface area contributed by atoms with E-state index in [9.17, 15) is 13.6 Å². The Bertz CT molecular complexity index is 1200. The predicted molar refractivity (Wildman–Crippen MR) is 140 cm³/mol. The molecule has 0 saturated carbocycles. The van der Waals surface area contributed by atoms with Crippen LogP contribution in [-0.2, 0) is 4.79 Å². The number of benzene rings is 2. The summed E-state index contributed by atoms with van der Waals surface area (Å²) in [5.74, 6) is 1.99. The fourth-order valence-electron chi connectivity index (χ4n) is 4.99. The molecule has 1 saturated heterocycles. The molecule has 2 unspecified atom stereocenters. The van der Waals surface area contributed by atoms with Crippen molar-refractivity contribution in [2.24, 2.45) is 21.6 Å². The Kier molecular flexibility index (Phi) is 7.45. The van der Waals surface area contributed by atoms with Crippen molar-refractivity contribution in [3.63, 3.8) is 0 Å². The summed E-state index contributed by atoms with van der Waals surface area (Å²) in [6, 6.07) is 14.3. The smallest absolute Gasteiger partial charge is 0.387 e. The average molecular weight is 509 g/mol. The van der Waals surface area contributed by atoms with Crippen LogP contribution in [0.3, 0.4) is 0 Å². The maximum absolute atomic E-state index is 12.6. The van der Waals surface area contributed by atoms with Crippen LogP contribution in [0.5, 0.6) is 5.75 Å². The Balaban J connectivity index is 1.20. The lowest BCUT2D eigenvalue weighted by Gasteiger charge is -2.27. The molecule has 8 nitrogen and oxygen atoms in total. The van der Waals surface area contributed by atoms with Crippen molar-refractivity contribution >= 4 is 29.0 Å². The molecule has 0 aliphatic carbocycles. The SMILES string of the molecule is NCCCCC1CC(=O)N(c2ccc(NC3=NC=CN4C3=NCC4c3ccc(OC(F)F)cc3)cc2)C1. The molecule has 3 aliphatic heterocycles. The van der Waals surface area contributed by atoms with Gasteiger partial charge in [-0.1, -0.05) is 18.6 Å². The third-order valence-electron chi connectivity index (χ3n) is 6.84. The lowest BCUT2D eigenvalue weighted by Crippen LogP contribution is -2.37. The topological polar surface area (TPSA) is 95.5 Å². The second-order valence-electron chi connectivity index (χ2n) is 9.34. The minimum absolute atomic E-state index is 0.0690. The number of unbranched alkanes of at least 4 members (excludes halogenated alkanes) is 1. The number of amidine groups is 2. The molecule has 0 radical (unpaired) electrons. The van der Waals surface area contributed by atoms with E-state index >= 15 is 0 Å². The maximum atomic E-state index is 12.6. The molecule has 3 N–H and O–H groups in total. The second kappa shape index (κ2) is 11.1. The van der Waals surface area contributed by atoms with Crippen LogP contribution in [0.1, 0.15) is 37.3 Å². The molecule has 5 rings (SSSR count). The number of halogens is 2. The molecule has 1 amide bonds. The number of carbonyl (C=O) groups is 1. The minimum atomic E-state index is -2.85. The van der Waals surface area contributed by atoms with Crippen molar-refractivity contribution < 1.29 is 18.3 Å². The van der Waals surface area contributed by atoms with Gasteiger partial charge >= 0.3 is 6.61 Å². The maximum Gasteiger partial charge on any atom is 0.387 e. The lowest BCUT2D eigenvalue weighted by molar-refractivity contribution is -0.117. The molecular weight excluding hydrogens is 478 g/mol. The number of carbonyl (C=O) groups excluding carboxylic acids is 1. The first-order valence-corrected chi connectivity index (χ1v) is 12.5. The summed E-state index contributed by atoms with van der Waals surface area (Å²) in [6.45, 7) is -0.902. The second-order valence-corrected chi connectivity index (χ2v) is 9.34. The molecule has 37 heavy (non-hydrogen) atoms. The molecule has 194 valence electrons. The highest BCUT2D eigenvalue weighted by Gasteiger charge is 2.33. The number of nitrogens with zero attached hydrogens (tertiary/aromatic N) is 4. The van der Waals surface area contributed by atoms with Gasteiger partial charge in [0.2, 0.25) is 5.91 Å². The first-order valence-electron chi connectivity index (χ1n) is 12.5. The van der Waals surface area contributed by atoms with Gasteiger partial charge in [0.1, 0.15) is 5.75 Å².